The first-order valence-electron chi connectivity index (χ1n) is 3.44. The molecule has 0 saturated heterocycles. The molecule has 0 fully saturated rings. The van der Waals surface area contributed by atoms with Crippen molar-refractivity contribution in [3.8, 4) is 0 Å². The van der Waals surface area contributed by atoms with Gasteiger partial charge in [0.2, 0.25) is 0 Å². The van der Waals surface area contributed by atoms with Crippen LogP contribution in [0.4, 0.5) is 0 Å². The van der Waals surface area contributed by atoms with Gasteiger partial charge in [-0.05, 0) is 18.2 Å². The van der Waals surface area contributed by atoms with Crippen LogP contribution in [-0.4, -0.2) is 10.2 Å². The van der Waals surface area contributed by atoms with Gasteiger partial charge in [-0.2, -0.15) is 0 Å². The molecule has 4 heteroatoms. The van der Waals surface area contributed by atoms with Crippen molar-refractivity contribution in [1.29, 1.82) is 5.41 Å². The number of aromatic amines is 2. The predicted octanol–water partition coefficient (Wildman–Crippen LogP) is 0.136. The Balaban J connectivity index is 3.16. The van der Waals surface area contributed by atoms with Gasteiger partial charge < -0.3 is 0 Å². The Labute approximate surface area is 67.4 Å². The molecule has 59 valence electrons. The molecule has 1 aromatic carbocycles. The van der Waals surface area contributed by atoms with E-state index in [-0.39, 0.29) is 11.0 Å². The Hall–Kier alpha value is -1.84. The summed E-state index contributed by atoms with van der Waals surface area (Å²) in [6.45, 7) is 0. The molecule has 0 aliphatic heterocycles. The number of rotatable bonds is 0. The number of H-pyrrole nitrogens is 2. The van der Waals surface area contributed by atoms with Crippen molar-refractivity contribution in [2.75, 3.05) is 0 Å². The zero-order valence-electron chi connectivity index (χ0n) is 6.14. The second-order valence-electron chi connectivity index (χ2n) is 2.43. The van der Waals surface area contributed by atoms with E-state index in [4.69, 9.17) is 5.41 Å². The lowest BCUT2D eigenvalue weighted by molar-refractivity contribution is 0.932. The van der Waals surface area contributed by atoms with Gasteiger partial charge >= 0.3 is 0 Å². The van der Waals surface area contributed by atoms with Gasteiger partial charge in [0.05, 0.1) is 5.39 Å². The van der Waals surface area contributed by atoms with Crippen LogP contribution in [0.25, 0.3) is 10.8 Å². The van der Waals surface area contributed by atoms with E-state index in [0.29, 0.717) is 10.8 Å². The van der Waals surface area contributed by atoms with Crippen molar-refractivity contribution in [2.45, 2.75) is 0 Å². The zero-order chi connectivity index (χ0) is 8.55. The second kappa shape index (κ2) is 2.34. The minimum absolute atomic E-state index is 0.207. The Morgan fingerprint density at radius 3 is 2.92 bits per heavy atom. The highest BCUT2D eigenvalue weighted by Gasteiger charge is 1.96. The van der Waals surface area contributed by atoms with Crippen LogP contribution in [0.15, 0.2) is 23.0 Å². The largest absolute Gasteiger partial charge is 0.283 e. The molecule has 0 atom stereocenters. The molecule has 12 heavy (non-hydrogen) atoms. The average molecular weight is 160 g/mol. The number of aromatic nitrogens is 2. The quantitative estimate of drug-likeness (QED) is 0.503. The van der Waals surface area contributed by atoms with E-state index in [9.17, 15) is 4.79 Å². The van der Waals surface area contributed by atoms with Crippen LogP contribution in [0, 0.1) is 11.5 Å². The molecule has 0 amide bonds. The Morgan fingerprint density at radius 1 is 1.33 bits per heavy atom. The minimum Gasteiger partial charge on any atom is -0.283 e. The van der Waals surface area contributed by atoms with Gasteiger partial charge in [0.1, 0.15) is 5.49 Å². The lowest BCUT2D eigenvalue weighted by atomic mass is 10.2. The van der Waals surface area contributed by atoms with Crippen LogP contribution >= 0.6 is 0 Å². The number of fused-ring (bicyclic) bond motifs is 1. The molecule has 1 heterocycles. The predicted molar refractivity (Wildman–Crippen MR) is 43.6 cm³/mol. The van der Waals surface area contributed by atoms with Crippen LogP contribution in [-0.2, 0) is 0 Å². The summed E-state index contributed by atoms with van der Waals surface area (Å²) in [5.74, 6) is 0. The first kappa shape index (κ1) is 6.84. The van der Waals surface area contributed by atoms with E-state index >= 15 is 0 Å². The maximum Gasteiger partial charge on any atom is 0.270 e. The smallest absolute Gasteiger partial charge is 0.270 e. The standard InChI is InChI=1S/C8H6N3O/c9-7-5-3-1-2-4-6(5)8(12)11-10-7/h1,3-4H,(H2,9,10)(H,11,12). The third kappa shape index (κ3) is 0.852. The lowest BCUT2D eigenvalue weighted by Crippen LogP contribution is -2.18. The lowest BCUT2D eigenvalue weighted by Gasteiger charge is -1.93. The number of hydrogen-bond donors (Lipinski definition) is 3. The molecule has 0 saturated carbocycles. The zero-order valence-corrected chi connectivity index (χ0v) is 6.14. The average Bonchev–Trinajstić information content (AvgIpc) is 2.12. The molecule has 1 aromatic heterocycles. The summed E-state index contributed by atoms with van der Waals surface area (Å²) in [5, 5.41) is 13.3. The highest BCUT2D eigenvalue weighted by atomic mass is 16.1. The van der Waals surface area contributed by atoms with Gasteiger partial charge in [-0.3, -0.25) is 20.4 Å². The van der Waals surface area contributed by atoms with Gasteiger partial charge in [-0.25, -0.2) is 0 Å². The fourth-order valence-corrected chi connectivity index (χ4v) is 1.09. The summed E-state index contributed by atoms with van der Waals surface area (Å²) in [7, 11) is 0. The van der Waals surface area contributed by atoms with Crippen molar-refractivity contribution in [3.63, 3.8) is 0 Å². The first-order chi connectivity index (χ1) is 5.79. The Kier molecular flexibility index (Phi) is 1.33. The molecule has 2 rings (SSSR count). The minimum atomic E-state index is -0.224. The van der Waals surface area contributed by atoms with E-state index in [1.54, 1.807) is 18.2 Å². The Bertz CT molecular complexity index is 475. The van der Waals surface area contributed by atoms with Gasteiger partial charge in [-0.15, -0.1) is 0 Å². The van der Waals surface area contributed by atoms with Crippen LogP contribution < -0.4 is 11.0 Å². The molecule has 4 nitrogen and oxygen atoms in total. The third-order valence-corrected chi connectivity index (χ3v) is 1.68. The summed E-state index contributed by atoms with van der Waals surface area (Å²) in [6, 6.07) is 7.71. The van der Waals surface area contributed by atoms with E-state index in [1.807, 2.05) is 0 Å². The van der Waals surface area contributed by atoms with Crippen molar-refractivity contribution in [1.82, 2.24) is 10.2 Å². The summed E-state index contributed by atoms with van der Waals surface area (Å²) in [6.07, 6.45) is 0. The van der Waals surface area contributed by atoms with Crippen LogP contribution in [0.2, 0.25) is 0 Å². The fraction of sp³-hybridized carbons (Fsp3) is 0. The second-order valence-corrected chi connectivity index (χ2v) is 2.43. The van der Waals surface area contributed by atoms with Crippen LogP contribution in [0.3, 0.4) is 0 Å². The highest BCUT2D eigenvalue weighted by molar-refractivity contribution is 5.79. The van der Waals surface area contributed by atoms with Gasteiger partial charge in [0, 0.05) is 5.39 Å². The van der Waals surface area contributed by atoms with Crippen molar-refractivity contribution in [2.24, 2.45) is 0 Å². The third-order valence-electron chi connectivity index (χ3n) is 1.68. The van der Waals surface area contributed by atoms with E-state index in [0.717, 1.165) is 0 Å². The molecule has 3 N–H and O–H groups in total. The molecule has 2 aromatic rings. The van der Waals surface area contributed by atoms with E-state index in [2.05, 4.69) is 16.3 Å². The monoisotopic (exact) mass is 160 g/mol. The summed E-state index contributed by atoms with van der Waals surface area (Å²) in [5.41, 5.74) is -0.0172. The van der Waals surface area contributed by atoms with E-state index < -0.39 is 0 Å². The van der Waals surface area contributed by atoms with Gasteiger partial charge in [0.15, 0.2) is 0 Å². The van der Waals surface area contributed by atoms with Crippen molar-refractivity contribution >= 4 is 10.8 Å². The van der Waals surface area contributed by atoms with Crippen molar-refractivity contribution in [3.05, 3.63) is 40.1 Å². The normalized spacial score (nSPS) is 10.3. The SMILES string of the molecule is N=c1[nH][nH]c(=O)c2c[c]ccc12. The molecular weight excluding hydrogens is 154 g/mol. The summed E-state index contributed by atoms with van der Waals surface area (Å²) >= 11 is 0. The van der Waals surface area contributed by atoms with Crippen molar-refractivity contribution < 1.29 is 0 Å². The topological polar surface area (TPSA) is 72.5 Å². The summed E-state index contributed by atoms with van der Waals surface area (Å²) in [4.78, 5) is 11.1. The highest BCUT2D eigenvalue weighted by Crippen LogP contribution is 1.99. The maximum absolute atomic E-state index is 11.1. The number of nitrogens with one attached hydrogen (secondary N) is 3. The molecule has 0 aliphatic rings. The van der Waals surface area contributed by atoms with E-state index in [1.165, 1.54) is 0 Å². The Morgan fingerprint density at radius 2 is 2.17 bits per heavy atom. The first-order valence-corrected chi connectivity index (χ1v) is 3.44. The molecule has 0 spiro atoms. The molecule has 1 radical (unpaired) electrons. The number of benzene rings is 1. The summed E-state index contributed by atoms with van der Waals surface area (Å²) < 4.78 is 0. The fourth-order valence-electron chi connectivity index (χ4n) is 1.09. The van der Waals surface area contributed by atoms with Gasteiger partial charge in [-0.1, -0.05) is 6.07 Å². The molecule has 0 unspecified atom stereocenters. The molecule has 0 aliphatic carbocycles. The molecule has 0 bridgehead atoms. The van der Waals surface area contributed by atoms with Crippen LogP contribution in [0.5, 0.6) is 0 Å². The number of hydrogen-bond acceptors (Lipinski definition) is 2. The molecular formula is C8H6N3O. The maximum atomic E-state index is 11.1. The van der Waals surface area contributed by atoms with Crippen LogP contribution in [0.1, 0.15) is 0 Å². The van der Waals surface area contributed by atoms with Gasteiger partial charge in [0.25, 0.3) is 5.56 Å².